The summed E-state index contributed by atoms with van der Waals surface area (Å²) in [4.78, 5) is 10.6. The third kappa shape index (κ3) is 3.58. The van der Waals surface area contributed by atoms with Crippen LogP contribution in [0.25, 0.3) is 0 Å². The van der Waals surface area contributed by atoms with Crippen molar-refractivity contribution in [3.8, 4) is 5.75 Å². The van der Waals surface area contributed by atoms with Crippen LogP contribution in [0.1, 0.15) is 11.8 Å². The maximum Gasteiger partial charge on any atom is 0.211 e. The molecule has 116 valence electrons. The minimum atomic E-state index is -0.997. The number of ether oxygens (including phenoxy) is 1. The normalized spacial score (nSPS) is 11.5. The molecule has 1 amide bonds. The molecule has 2 aromatic rings. The number of benzene rings is 2. The summed E-state index contributed by atoms with van der Waals surface area (Å²) in [5, 5.41) is 15.7. The van der Waals surface area contributed by atoms with Gasteiger partial charge in [-0.2, -0.15) is 0 Å². The highest BCUT2D eigenvalue weighted by Gasteiger charge is 2.10. The molecule has 7 N–H and O–H groups in total. The molecule has 0 radical (unpaired) electrons. The topological polar surface area (TPSA) is 123 Å². The van der Waals surface area contributed by atoms with Crippen molar-refractivity contribution in [3.63, 3.8) is 0 Å². The van der Waals surface area contributed by atoms with Crippen LogP contribution in [0, 0.1) is 0 Å². The second-order valence-electron chi connectivity index (χ2n) is 4.66. The Morgan fingerprint density at radius 2 is 1.86 bits per heavy atom. The van der Waals surface area contributed by atoms with Crippen LogP contribution in [-0.2, 0) is 4.79 Å². The number of nitrogens with one attached hydrogen (secondary N) is 2. The van der Waals surface area contributed by atoms with Crippen molar-refractivity contribution < 1.29 is 14.6 Å². The maximum absolute atomic E-state index is 10.6. The summed E-state index contributed by atoms with van der Waals surface area (Å²) in [5.74, 6) is 0.514. The Morgan fingerprint density at radius 1 is 1.18 bits per heavy atom. The van der Waals surface area contributed by atoms with E-state index in [2.05, 4.69) is 10.6 Å². The zero-order chi connectivity index (χ0) is 16.1. The van der Waals surface area contributed by atoms with Gasteiger partial charge in [-0.25, -0.2) is 0 Å². The Kier molecular flexibility index (Phi) is 4.70. The molecule has 1 unspecified atom stereocenters. The summed E-state index contributed by atoms with van der Waals surface area (Å²) < 4.78 is 5.13. The molecule has 0 aliphatic heterocycles. The van der Waals surface area contributed by atoms with Crippen molar-refractivity contribution in [2.75, 3.05) is 29.2 Å². The molecule has 7 nitrogen and oxygen atoms in total. The van der Waals surface area contributed by atoms with Crippen molar-refractivity contribution in [1.29, 1.82) is 0 Å². The van der Waals surface area contributed by atoms with Crippen LogP contribution < -0.4 is 26.8 Å². The van der Waals surface area contributed by atoms with Gasteiger partial charge in [0.25, 0.3) is 0 Å². The zero-order valence-electron chi connectivity index (χ0n) is 12.0. The molecule has 0 aromatic heterocycles. The number of hydrogen-bond acceptors (Lipinski definition) is 6. The predicted molar refractivity (Wildman–Crippen MR) is 86.5 cm³/mol. The van der Waals surface area contributed by atoms with E-state index in [9.17, 15) is 9.90 Å². The van der Waals surface area contributed by atoms with Gasteiger partial charge >= 0.3 is 0 Å². The summed E-state index contributed by atoms with van der Waals surface area (Å²) in [5.41, 5.74) is 14.0. The quantitative estimate of drug-likeness (QED) is 0.313. The molecular formula is C15H18N4O3. The molecule has 0 aliphatic rings. The minimum absolute atomic E-state index is 0.467. The fourth-order valence-electron chi connectivity index (χ4n) is 2.08. The number of amides is 1. The molecule has 1 atom stereocenters. The standard InChI is InChI=1S/C15H18N4O3/c1-22-14-3-2-12(7-13(14)18-8-20)19-15(21)9-4-10(16)6-11(17)5-9/h2-8,15,19,21H,16-17H2,1H3,(H,18,20). The highest BCUT2D eigenvalue weighted by atomic mass is 16.5. The van der Waals surface area contributed by atoms with Gasteiger partial charge < -0.3 is 31.9 Å². The van der Waals surface area contributed by atoms with Crippen LogP contribution in [0.5, 0.6) is 5.75 Å². The number of carbonyl (C=O) groups is 1. The first kappa shape index (κ1) is 15.5. The van der Waals surface area contributed by atoms with Gasteiger partial charge in [-0.3, -0.25) is 4.79 Å². The van der Waals surface area contributed by atoms with Gasteiger partial charge in [-0.15, -0.1) is 0 Å². The second-order valence-corrected chi connectivity index (χ2v) is 4.66. The van der Waals surface area contributed by atoms with Gasteiger partial charge in [0.05, 0.1) is 12.8 Å². The number of anilines is 4. The van der Waals surface area contributed by atoms with Crippen molar-refractivity contribution in [1.82, 2.24) is 0 Å². The second kappa shape index (κ2) is 6.68. The number of methoxy groups -OCH3 is 1. The van der Waals surface area contributed by atoms with Crippen molar-refractivity contribution in [2.24, 2.45) is 0 Å². The molecule has 0 bridgehead atoms. The molecule has 0 saturated heterocycles. The number of nitrogen functional groups attached to an aromatic ring is 2. The summed E-state index contributed by atoms with van der Waals surface area (Å²) in [6.45, 7) is 0. The van der Waals surface area contributed by atoms with Crippen LogP contribution in [0.4, 0.5) is 22.7 Å². The van der Waals surface area contributed by atoms with E-state index < -0.39 is 6.23 Å². The predicted octanol–water partition coefficient (Wildman–Crippen LogP) is 1.53. The van der Waals surface area contributed by atoms with E-state index in [1.54, 1.807) is 36.4 Å². The van der Waals surface area contributed by atoms with E-state index in [0.717, 1.165) is 0 Å². The van der Waals surface area contributed by atoms with Gasteiger partial charge in [0.2, 0.25) is 6.41 Å². The van der Waals surface area contributed by atoms with Crippen LogP contribution >= 0.6 is 0 Å². The van der Waals surface area contributed by atoms with Crippen LogP contribution in [0.15, 0.2) is 36.4 Å². The molecule has 0 fully saturated rings. The fraction of sp³-hybridized carbons (Fsp3) is 0.133. The van der Waals surface area contributed by atoms with Gasteiger partial charge in [0.15, 0.2) is 6.23 Å². The van der Waals surface area contributed by atoms with Crippen molar-refractivity contribution >= 4 is 29.2 Å². The SMILES string of the molecule is COc1ccc(NC(O)c2cc(N)cc(N)c2)cc1NC=O. The molecule has 22 heavy (non-hydrogen) atoms. The Hall–Kier alpha value is -2.93. The molecule has 0 spiro atoms. The summed E-state index contributed by atoms with van der Waals surface area (Å²) >= 11 is 0. The van der Waals surface area contributed by atoms with Gasteiger partial charge in [-0.05, 0) is 36.4 Å². The average Bonchev–Trinajstić information content (AvgIpc) is 2.47. The number of nitrogens with two attached hydrogens (primary N) is 2. The first-order valence-corrected chi connectivity index (χ1v) is 6.52. The van der Waals surface area contributed by atoms with Crippen LogP contribution in [0.3, 0.4) is 0 Å². The summed E-state index contributed by atoms with van der Waals surface area (Å²) in [6, 6.07) is 9.90. The number of rotatable bonds is 6. The Bertz CT molecular complexity index is 656. The highest BCUT2D eigenvalue weighted by Crippen LogP contribution is 2.29. The van der Waals surface area contributed by atoms with E-state index in [1.165, 1.54) is 7.11 Å². The Morgan fingerprint density at radius 3 is 2.45 bits per heavy atom. The molecule has 2 rings (SSSR count). The lowest BCUT2D eigenvalue weighted by molar-refractivity contribution is -0.105. The molecule has 0 saturated carbocycles. The van der Waals surface area contributed by atoms with E-state index in [0.29, 0.717) is 40.5 Å². The fourth-order valence-corrected chi connectivity index (χ4v) is 2.08. The third-order valence-corrected chi connectivity index (χ3v) is 3.03. The number of hydrogen-bond donors (Lipinski definition) is 5. The van der Waals surface area contributed by atoms with Crippen molar-refractivity contribution in [2.45, 2.75) is 6.23 Å². The zero-order valence-corrected chi connectivity index (χ0v) is 12.0. The molecule has 2 aromatic carbocycles. The Balaban J connectivity index is 2.22. The van der Waals surface area contributed by atoms with E-state index >= 15 is 0 Å². The lowest BCUT2D eigenvalue weighted by Crippen LogP contribution is -2.11. The summed E-state index contributed by atoms with van der Waals surface area (Å²) in [7, 11) is 1.50. The van der Waals surface area contributed by atoms with Gasteiger partial charge in [-0.1, -0.05) is 0 Å². The van der Waals surface area contributed by atoms with Crippen molar-refractivity contribution in [3.05, 3.63) is 42.0 Å². The van der Waals surface area contributed by atoms with Crippen LogP contribution in [0.2, 0.25) is 0 Å². The van der Waals surface area contributed by atoms with Gasteiger partial charge in [0, 0.05) is 22.6 Å². The highest BCUT2D eigenvalue weighted by molar-refractivity contribution is 5.78. The Labute approximate surface area is 127 Å². The average molecular weight is 302 g/mol. The lowest BCUT2D eigenvalue weighted by atomic mass is 10.1. The lowest BCUT2D eigenvalue weighted by Gasteiger charge is -2.17. The van der Waals surface area contributed by atoms with Crippen LogP contribution in [-0.4, -0.2) is 18.6 Å². The molecule has 0 aliphatic carbocycles. The number of aliphatic hydroxyl groups excluding tert-OH is 1. The van der Waals surface area contributed by atoms with Gasteiger partial charge in [0.1, 0.15) is 5.75 Å². The first-order valence-electron chi connectivity index (χ1n) is 6.52. The first-order chi connectivity index (χ1) is 10.5. The largest absolute Gasteiger partial charge is 0.495 e. The minimum Gasteiger partial charge on any atom is -0.495 e. The monoisotopic (exact) mass is 302 g/mol. The molecular weight excluding hydrogens is 284 g/mol. The number of aliphatic hydroxyl groups is 1. The maximum atomic E-state index is 10.6. The third-order valence-electron chi connectivity index (χ3n) is 3.03. The summed E-state index contributed by atoms with van der Waals surface area (Å²) in [6.07, 6.45) is -0.445. The smallest absolute Gasteiger partial charge is 0.211 e. The van der Waals surface area contributed by atoms with E-state index in [-0.39, 0.29) is 0 Å². The molecule has 0 heterocycles. The molecule has 7 heteroatoms. The van der Waals surface area contributed by atoms with E-state index in [4.69, 9.17) is 16.2 Å². The number of carbonyl (C=O) groups excluding carboxylic acids is 1. The van der Waals surface area contributed by atoms with E-state index in [1.807, 2.05) is 0 Å².